The van der Waals surface area contributed by atoms with Crippen LogP contribution in [0.1, 0.15) is 12.5 Å². The molecule has 0 fully saturated rings. The van der Waals surface area contributed by atoms with Gasteiger partial charge < -0.3 is 10.1 Å². The number of hydrogen-bond acceptors (Lipinski definition) is 3. The van der Waals surface area contributed by atoms with Crippen LogP contribution in [0.25, 0.3) is 0 Å². The van der Waals surface area contributed by atoms with Gasteiger partial charge in [0.2, 0.25) is 0 Å². The average molecular weight is 312 g/mol. The minimum atomic E-state index is -0.743. The summed E-state index contributed by atoms with van der Waals surface area (Å²) in [5.41, 5.74) is 2.33. The second-order valence-electron chi connectivity index (χ2n) is 5.20. The molecule has 5 heteroatoms. The normalized spacial score (nSPS) is 11.4. The fourth-order valence-electron chi connectivity index (χ4n) is 2.29. The van der Waals surface area contributed by atoms with E-state index < -0.39 is 12.0 Å². The number of nitrogens with zero attached hydrogens (tertiary/aromatic N) is 1. The number of nitrogens with one attached hydrogen (secondary N) is 1. The first kappa shape index (κ1) is 16.5. The molecular formula is C18H20N2O3. The van der Waals surface area contributed by atoms with E-state index in [-0.39, 0.29) is 6.03 Å². The summed E-state index contributed by atoms with van der Waals surface area (Å²) in [6, 6.07) is 15.4. The Labute approximate surface area is 135 Å². The molecule has 0 aliphatic carbocycles. The molecule has 0 saturated heterocycles. The molecule has 120 valence electrons. The van der Waals surface area contributed by atoms with Gasteiger partial charge in [-0.05, 0) is 43.7 Å². The number of rotatable bonds is 4. The minimum Gasteiger partial charge on any atom is -0.467 e. The Morgan fingerprint density at radius 2 is 1.78 bits per heavy atom. The van der Waals surface area contributed by atoms with E-state index >= 15 is 0 Å². The molecule has 0 bridgehead atoms. The van der Waals surface area contributed by atoms with Crippen molar-refractivity contribution in [2.24, 2.45) is 0 Å². The third-order valence-electron chi connectivity index (χ3n) is 3.45. The summed E-state index contributed by atoms with van der Waals surface area (Å²) >= 11 is 0. The summed E-state index contributed by atoms with van der Waals surface area (Å²) in [6.07, 6.45) is 0. The largest absolute Gasteiger partial charge is 0.467 e. The van der Waals surface area contributed by atoms with Crippen LogP contribution in [-0.2, 0) is 9.53 Å². The van der Waals surface area contributed by atoms with Gasteiger partial charge in [0.15, 0.2) is 0 Å². The van der Waals surface area contributed by atoms with Crippen molar-refractivity contribution >= 4 is 23.4 Å². The number of carbonyl (C=O) groups is 2. The van der Waals surface area contributed by atoms with Crippen molar-refractivity contribution in [1.29, 1.82) is 0 Å². The number of ether oxygens (including phenoxy) is 1. The lowest BCUT2D eigenvalue weighted by Crippen LogP contribution is -2.46. The van der Waals surface area contributed by atoms with Gasteiger partial charge in [-0.25, -0.2) is 9.59 Å². The lowest BCUT2D eigenvalue weighted by Gasteiger charge is -2.27. The Morgan fingerprint density at radius 3 is 2.39 bits per heavy atom. The van der Waals surface area contributed by atoms with Crippen LogP contribution in [0.3, 0.4) is 0 Å². The van der Waals surface area contributed by atoms with Crippen molar-refractivity contribution in [2.45, 2.75) is 19.9 Å². The highest BCUT2D eigenvalue weighted by molar-refractivity contribution is 6.05. The van der Waals surface area contributed by atoms with E-state index in [2.05, 4.69) is 5.32 Å². The number of amides is 2. The Morgan fingerprint density at radius 1 is 1.09 bits per heavy atom. The second kappa shape index (κ2) is 7.45. The molecule has 0 saturated carbocycles. The Hall–Kier alpha value is -2.82. The summed E-state index contributed by atoms with van der Waals surface area (Å²) < 4.78 is 4.77. The SMILES string of the molecule is COC(=O)[C@H](C)N(C(=O)Nc1cccc(C)c1)c1ccccc1. The molecule has 1 N–H and O–H groups in total. The van der Waals surface area contributed by atoms with E-state index in [1.54, 1.807) is 25.1 Å². The predicted molar refractivity (Wildman–Crippen MR) is 90.6 cm³/mol. The van der Waals surface area contributed by atoms with Crippen LogP contribution in [0.15, 0.2) is 54.6 Å². The molecule has 2 aromatic carbocycles. The maximum absolute atomic E-state index is 12.7. The summed E-state index contributed by atoms with van der Waals surface area (Å²) in [5, 5.41) is 2.82. The number of aryl methyl sites for hydroxylation is 1. The van der Waals surface area contributed by atoms with Crippen molar-refractivity contribution < 1.29 is 14.3 Å². The number of methoxy groups -OCH3 is 1. The van der Waals surface area contributed by atoms with E-state index in [0.29, 0.717) is 11.4 Å². The molecular weight excluding hydrogens is 292 g/mol. The van der Waals surface area contributed by atoms with Gasteiger partial charge in [-0.2, -0.15) is 0 Å². The monoisotopic (exact) mass is 312 g/mol. The molecule has 0 aliphatic heterocycles. The fraction of sp³-hybridized carbons (Fsp3) is 0.222. The molecule has 2 aromatic rings. The smallest absolute Gasteiger partial charge is 0.328 e. The molecule has 0 spiro atoms. The number of carbonyl (C=O) groups excluding carboxylic acids is 2. The van der Waals surface area contributed by atoms with E-state index in [4.69, 9.17) is 4.74 Å². The van der Waals surface area contributed by atoms with Crippen LogP contribution >= 0.6 is 0 Å². The standard InChI is InChI=1S/C18H20N2O3/c1-13-8-7-9-15(12-13)19-18(22)20(14(2)17(21)23-3)16-10-5-4-6-11-16/h4-12,14H,1-3H3,(H,19,22)/t14-/m0/s1. The number of esters is 1. The number of hydrogen-bond donors (Lipinski definition) is 1. The van der Waals surface area contributed by atoms with Crippen LogP contribution in [0, 0.1) is 6.92 Å². The van der Waals surface area contributed by atoms with E-state index in [1.807, 2.05) is 43.3 Å². The van der Waals surface area contributed by atoms with Gasteiger partial charge in [0.1, 0.15) is 6.04 Å². The maximum atomic E-state index is 12.7. The van der Waals surface area contributed by atoms with Gasteiger partial charge >= 0.3 is 12.0 Å². The Kier molecular flexibility index (Phi) is 5.36. The lowest BCUT2D eigenvalue weighted by molar-refractivity contribution is -0.141. The Bertz CT molecular complexity index is 686. The minimum absolute atomic E-state index is 0.389. The average Bonchev–Trinajstić information content (AvgIpc) is 2.55. The zero-order valence-electron chi connectivity index (χ0n) is 13.4. The van der Waals surface area contributed by atoms with Gasteiger partial charge in [-0.15, -0.1) is 0 Å². The summed E-state index contributed by atoms with van der Waals surface area (Å²) in [4.78, 5) is 26.0. The topological polar surface area (TPSA) is 58.6 Å². The fourth-order valence-corrected chi connectivity index (χ4v) is 2.29. The summed E-state index contributed by atoms with van der Waals surface area (Å²) in [7, 11) is 1.31. The molecule has 0 aromatic heterocycles. The molecule has 0 aliphatic rings. The van der Waals surface area contributed by atoms with E-state index in [0.717, 1.165) is 5.56 Å². The van der Waals surface area contributed by atoms with E-state index in [9.17, 15) is 9.59 Å². The van der Waals surface area contributed by atoms with Crippen molar-refractivity contribution in [3.63, 3.8) is 0 Å². The first-order valence-electron chi connectivity index (χ1n) is 7.32. The van der Waals surface area contributed by atoms with Gasteiger partial charge in [0.25, 0.3) is 0 Å². The van der Waals surface area contributed by atoms with Crippen LogP contribution in [-0.4, -0.2) is 25.2 Å². The molecule has 1 atom stereocenters. The predicted octanol–water partition coefficient (Wildman–Crippen LogP) is 3.60. The van der Waals surface area contributed by atoms with E-state index in [1.165, 1.54) is 12.0 Å². The number of urea groups is 1. The van der Waals surface area contributed by atoms with Gasteiger partial charge in [-0.1, -0.05) is 30.3 Å². The zero-order valence-corrected chi connectivity index (χ0v) is 13.4. The third kappa shape index (κ3) is 4.10. The van der Waals surface area contributed by atoms with Crippen molar-refractivity contribution in [1.82, 2.24) is 0 Å². The molecule has 0 heterocycles. The highest BCUT2D eigenvalue weighted by Crippen LogP contribution is 2.19. The quantitative estimate of drug-likeness (QED) is 0.878. The van der Waals surface area contributed by atoms with Crippen LogP contribution < -0.4 is 10.2 Å². The van der Waals surface area contributed by atoms with Crippen LogP contribution in [0.4, 0.5) is 16.2 Å². The van der Waals surface area contributed by atoms with Crippen molar-refractivity contribution in [3.8, 4) is 0 Å². The first-order valence-corrected chi connectivity index (χ1v) is 7.32. The highest BCUT2D eigenvalue weighted by Gasteiger charge is 2.28. The van der Waals surface area contributed by atoms with Crippen LogP contribution in [0.2, 0.25) is 0 Å². The second-order valence-corrected chi connectivity index (χ2v) is 5.20. The number of anilines is 2. The van der Waals surface area contributed by atoms with Gasteiger partial charge in [0, 0.05) is 11.4 Å². The van der Waals surface area contributed by atoms with Gasteiger partial charge in [-0.3, -0.25) is 4.90 Å². The highest BCUT2D eigenvalue weighted by atomic mass is 16.5. The molecule has 0 radical (unpaired) electrons. The third-order valence-corrected chi connectivity index (χ3v) is 3.45. The summed E-state index contributed by atoms with van der Waals surface area (Å²) in [6.45, 7) is 3.58. The molecule has 2 amide bonds. The molecule has 23 heavy (non-hydrogen) atoms. The van der Waals surface area contributed by atoms with Crippen molar-refractivity contribution in [2.75, 3.05) is 17.3 Å². The first-order chi connectivity index (χ1) is 11.0. The van der Waals surface area contributed by atoms with Crippen LogP contribution in [0.5, 0.6) is 0 Å². The Balaban J connectivity index is 2.29. The molecule has 2 rings (SSSR count). The number of para-hydroxylation sites is 1. The number of benzene rings is 2. The zero-order chi connectivity index (χ0) is 16.8. The van der Waals surface area contributed by atoms with Gasteiger partial charge in [0.05, 0.1) is 7.11 Å². The maximum Gasteiger partial charge on any atom is 0.328 e. The summed E-state index contributed by atoms with van der Waals surface area (Å²) in [5.74, 6) is -0.478. The molecule has 5 nitrogen and oxygen atoms in total. The lowest BCUT2D eigenvalue weighted by atomic mass is 10.2. The van der Waals surface area contributed by atoms with Crippen molar-refractivity contribution in [3.05, 3.63) is 60.2 Å². The molecule has 0 unspecified atom stereocenters.